The molecule has 1 amide bonds. The molecule has 1 aromatic carbocycles. The first kappa shape index (κ1) is 15.2. The molecule has 0 saturated carbocycles. The van der Waals surface area contributed by atoms with E-state index in [9.17, 15) is 9.90 Å². The molecule has 6 nitrogen and oxygen atoms in total. The normalized spacial score (nSPS) is 11.4. The molecule has 0 fully saturated rings. The van der Waals surface area contributed by atoms with E-state index in [0.29, 0.717) is 12.1 Å². The number of rotatable bonds is 5. The van der Waals surface area contributed by atoms with Crippen molar-refractivity contribution in [2.24, 2.45) is 0 Å². The van der Waals surface area contributed by atoms with Crippen molar-refractivity contribution in [1.82, 2.24) is 19.7 Å². The summed E-state index contributed by atoms with van der Waals surface area (Å²) in [5, 5.41) is 14.0. The minimum atomic E-state index is -0.921. The monoisotopic (exact) mass is 288 g/mol. The van der Waals surface area contributed by atoms with E-state index in [1.165, 1.54) is 6.33 Å². The zero-order chi connectivity index (χ0) is 15.5. The fourth-order valence-corrected chi connectivity index (χ4v) is 2.10. The van der Waals surface area contributed by atoms with Crippen LogP contribution in [0.3, 0.4) is 0 Å². The van der Waals surface area contributed by atoms with Crippen molar-refractivity contribution >= 4 is 5.91 Å². The Balaban J connectivity index is 2.24. The molecular weight excluding hydrogens is 268 g/mol. The van der Waals surface area contributed by atoms with Crippen LogP contribution < -0.4 is 0 Å². The van der Waals surface area contributed by atoms with Gasteiger partial charge >= 0.3 is 0 Å². The van der Waals surface area contributed by atoms with Crippen LogP contribution in [0.4, 0.5) is 0 Å². The Kier molecular flexibility index (Phi) is 4.37. The summed E-state index contributed by atoms with van der Waals surface area (Å²) >= 11 is 0. The Labute approximate surface area is 124 Å². The van der Waals surface area contributed by atoms with E-state index >= 15 is 0 Å². The van der Waals surface area contributed by atoms with Crippen molar-refractivity contribution in [2.75, 3.05) is 13.1 Å². The number of amides is 1. The standard InChI is InChI=1S/C15H20N4O2/c1-4-18(9-15(2,3)21)14(20)12-6-5-7-13(8-12)19-11-16-10-17-19/h5-8,10-11,21H,4,9H2,1-3H3. The SMILES string of the molecule is CCN(CC(C)(C)O)C(=O)c1cccc(-n2cncn2)c1. The molecule has 1 N–H and O–H groups in total. The van der Waals surface area contributed by atoms with Gasteiger partial charge in [0.15, 0.2) is 0 Å². The minimum absolute atomic E-state index is 0.110. The van der Waals surface area contributed by atoms with Gasteiger partial charge in [0.25, 0.3) is 5.91 Å². The minimum Gasteiger partial charge on any atom is -0.389 e. The molecule has 0 aliphatic rings. The topological polar surface area (TPSA) is 71.2 Å². The van der Waals surface area contributed by atoms with Crippen molar-refractivity contribution < 1.29 is 9.90 Å². The highest BCUT2D eigenvalue weighted by Crippen LogP contribution is 2.13. The van der Waals surface area contributed by atoms with Gasteiger partial charge < -0.3 is 10.0 Å². The van der Waals surface area contributed by atoms with Crippen LogP contribution in [-0.4, -0.2) is 49.4 Å². The molecule has 0 radical (unpaired) electrons. The molecule has 21 heavy (non-hydrogen) atoms. The first-order chi connectivity index (χ1) is 9.90. The second-order valence-corrected chi connectivity index (χ2v) is 5.52. The van der Waals surface area contributed by atoms with E-state index in [1.54, 1.807) is 41.9 Å². The number of aromatic nitrogens is 3. The molecular formula is C15H20N4O2. The second-order valence-electron chi connectivity index (χ2n) is 5.52. The van der Waals surface area contributed by atoms with Gasteiger partial charge in [0.1, 0.15) is 12.7 Å². The Morgan fingerprint density at radius 2 is 2.19 bits per heavy atom. The van der Waals surface area contributed by atoms with Crippen molar-refractivity contribution in [1.29, 1.82) is 0 Å². The number of aliphatic hydroxyl groups is 1. The second kappa shape index (κ2) is 6.05. The number of benzene rings is 1. The summed E-state index contributed by atoms with van der Waals surface area (Å²) in [4.78, 5) is 18.1. The number of hydrogen-bond acceptors (Lipinski definition) is 4. The molecule has 2 aromatic rings. The first-order valence-electron chi connectivity index (χ1n) is 6.87. The van der Waals surface area contributed by atoms with E-state index in [0.717, 1.165) is 5.69 Å². The first-order valence-corrected chi connectivity index (χ1v) is 6.87. The summed E-state index contributed by atoms with van der Waals surface area (Å²) in [5.41, 5.74) is 0.418. The third-order valence-corrected chi connectivity index (χ3v) is 3.02. The summed E-state index contributed by atoms with van der Waals surface area (Å²) < 4.78 is 1.60. The molecule has 0 spiro atoms. The maximum atomic E-state index is 12.5. The summed E-state index contributed by atoms with van der Waals surface area (Å²) in [6.45, 7) is 6.10. The molecule has 112 valence electrons. The predicted molar refractivity (Wildman–Crippen MR) is 79.2 cm³/mol. The Hall–Kier alpha value is -2.21. The number of hydrogen-bond donors (Lipinski definition) is 1. The zero-order valence-electron chi connectivity index (χ0n) is 12.5. The molecule has 0 saturated heterocycles. The van der Waals surface area contributed by atoms with Gasteiger partial charge in [-0.05, 0) is 39.0 Å². The van der Waals surface area contributed by atoms with E-state index in [1.807, 2.05) is 19.1 Å². The summed E-state index contributed by atoms with van der Waals surface area (Å²) in [5.74, 6) is -0.110. The van der Waals surface area contributed by atoms with Gasteiger partial charge in [-0.15, -0.1) is 0 Å². The van der Waals surface area contributed by atoms with E-state index < -0.39 is 5.60 Å². The van der Waals surface area contributed by atoms with E-state index in [4.69, 9.17) is 0 Å². The molecule has 2 rings (SSSR count). The van der Waals surface area contributed by atoms with Gasteiger partial charge in [-0.2, -0.15) is 5.10 Å². The van der Waals surface area contributed by atoms with Gasteiger partial charge in [0.2, 0.25) is 0 Å². The molecule has 0 aliphatic carbocycles. The lowest BCUT2D eigenvalue weighted by molar-refractivity contribution is 0.0314. The predicted octanol–water partition coefficient (Wildman–Crippen LogP) is 1.50. The third-order valence-electron chi connectivity index (χ3n) is 3.02. The van der Waals surface area contributed by atoms with Gasteiger partial charge in [0, 0.05) is 18.7 Å². The van der Waals surface area contributed by atoms with Crippen molar-refractivity contribution in [2.45, 2.75) is 26.4 Å². The molecule has 1 heterocycles. The molecule has 0 bridgehead atoms. The molecule has 6 heteroatoms. The quantitative estimate of drug-likeness (QED) is 0.905. The maximum absolute atomic E-state index is 12.5. The van der Waals surface area contributed by atoms with E-state index in [-0.39, 0.29) is 12.5 Å². The molecule has 0 unspecified atom stereocenters. The highest BCUT2D eigenvalue weighted by Gasteiger charge is 2.22. The van der Waals surface area contributed by atoms with Crippen molar-refractivity contribution in [3.63, 3.8) is 0 Å². The van der Waals surface area contributed by atoms with Gasteiger partial charge in [-0.25, -0.2) is 9.67 Å². The van der Waals surface area contributed by atoms with Crippen LogP contribution in [-0.2, 0) is 0 Å². The molecule has 0 aliphatic heterocycles. The third kappa shape index (κ3) is 3.88. The smallest absolute Gasteiger partial charge is 0.254 e. The van der Waals surface area contributed by atoms with Crippen LogP contribution in [0, 0.1) is 0 Å². The van der Waals surface area contributed by atoms with Gasteiger partial charge in [-0.3, -0.25) is 4.79 Å². The molecule has 1 aromatic heterocycles. The van der Waals surface area contributed by atoms with Crippen LogP contribution in [0.2, 0.25) is 0 Å². The Bertz CT molecular complexity index is 602. The maximum Gasteiger partial charge on any atom is 0.254 e. The highest BCUT2D eigenvalue weighted by molar-refractivity contribution is 5.94. The fraction of sp³-hybridized carbons (Fsp3) is 0.400. The molecule has 0 atom stereocenters. The summed E-state index contributed by atoms with van der Waals surface area (Å²) in [7, 11) is 0. The Morgan fingerprint density at radius 1 is 1.43 bits per heavy atom. The van der Waals surface area contributed by atoms with Crippen LogP contribution in [0.5, 0.6) is 0 Å². The number of carbonyl (C=O) groups is 1. The average molecular weight is 288 g/mol. The number of nitrogens with zero attached hydrogens (tertiary/aromatic N) is 4. The van der Waals surface area contributed by atoms with Crippen molar-refractivity contribution in [3.05, 3.63) is 42.5 Å². The van der Waals surface area contributed by atoms with Gasteiger partial charge in [0.05, 0.1) is 11.3 Å². The van der Waals surface area contributed by atoms with Crippen molar-refractivity contribution in [3.8, 4) is 5.69 Å². The zero-order valence-corrected chi connectivity index (χ0v) is 12.5. The average Bonchev–Trinajstić information content (AvgIpc) is 2.97. The number of likely N-dealkylation sites (N-methyl/N-ethyl adjacent to an activating group) is 1. The lowest BCUT2D eigenvalue weighted by Gasteiger charge is -2.28. The number of carbonyl (C=O) groups excluding carboxylic acids is 1. The largest absolute Gasteiger partial charge is 0.389 e. The van der Waals surface area contributed by atoms with Crippen LogP contribution in [0.15, 0.2) is 36.9 Å². The van der Waals surface area contributed by atoms with Crippen LogP contribution >= 0.6 is 0 Å². The van der Waals surface area contributed by atoms with E-state index in [2.05, 4.69) is 10.1 Å². The summed E-state index contributed by atoms with van der Waals surface area (Å²) in [6, 6.07) is 7.19. The fourth-order valence-electron chi connectivity index (χ4n) is 2.10. The Morgan fingerprint density at radius 3 is 2.76 bits per heavy atom. The van der Waals surface area contributed by atoms with Crippen LogP contribution in [0.25, 0.3) is 5.69 Å². The summed E-state index contributed by atoms with van der Waals surface area (Å²) in [6.07, 6.45) is 3.03. The van der Waals surface area contributed by atoms with Gasteiger partial charge in [-0.1, -0.05) is 6.07 Å². The lowest BCUT2D eigenvalue weighted by atomic mass is 10.1. The highest BCUT2D eigenvalue weighted by atomic mass is 16.3. The van der Waals surface area contributed by atoms with Crippen LogP contribution in [0.1, 0.15) is 31.1 Å². The lowest BCUT2D eigenvalue weighted by Crippen LogP contribution is -2.42.